The van der Waals surface area contributed by atoms with E-state index in [9.17, 15) is 14.7 Å². The van der Waals surface area contributed by atoms with Crippen molar-refractivity contribution in [1.29, 1.82) is 0 Å². The summed E-state index contributed by atoms with van der Waals surface area (Å²) in [5, 5.41) is 9.77. The summed E-state index contributed by atoms with van der Waals surface area (Å²) in [5.74, 6) is -0.249. The molecule has 6 heteroatoms. The Morgan fingerprint density at radius 2 is 1.62 bits per heavy atom. The highest BCUT2D eigenvalue weighted by Crippen LogP contribution is 2.36. The SMILES string of the molecule is COc1cc(C)c(C(=O)N(C)C2(C(=O)O)CCCCC2)cc1OC. The Bertz CT molecular complexity index is 635. The highest BCUT2D eigenvalue weighted by Gasteiger charge is 2.45. The molecule has 0 unspecified atom stereocenters. The maximum Gasteiger partial charge on any atom is 0.329 e. The van der Waals surface area contributed by atoms with Crippen molar-refractivity contribution >= 4 is 11.9 Å². The number of methoxy groups -OCH3 is 2. The number of hydrogen-bond donors (Lipinski definition) is 1. The van der Waals surface area contributed by atoms with E-state index >= 15 is 0 Å². The molecule has 24 heavy (non-hydrogen) atoms. The molecule has 1 N–H and O–H groups in total. The van der Waals surface area contributed by atoms with E-state index in [4.69, 9.17) is 9.47 Å². The van der Waals surface area contributed by atoms with Gasteiger partial charge in [0.15, 0.2) is 11.5 Å². The minimum Gasteiger partial charge on any atom is -0.493 e. The Labute approximate surface area is 142 Å². The molecule has 0 aliphatic heterocycles. The smallest absolute Gasteiger partial charge is 0.329 e. The largest absolute Gasteiger partial charge is 0.493 e. The third-order valence-electron chi connectivity index (χ3n) is 4.99. The molecule has 1 saturated carbocycles. The Morgan fingerprint density at radius 3 is 2.12 bits per heavy atom. The topological polar surface area (TPSA) is 76.1 Å². The van der Waals surface area contributed by atoms with E-state index in [1.165, 1.54) is 19.1 Å². The van der Waals surface area contributed by atoms with E-state index in [0.717, 1.165) is 24.8 Å². The van der Waals surface area contributed by atoms with Gasteiger partial charge >= 0.3 is 5.97 Å². The lowest BCUT2D eigenvalue weighted by Gasteiger charge is -2.41. The van der Waals surface area contributed by atoms with Gasteiger partial charge in [0.1, 0.15) is 5.54 Å². The van der Waals surface area contributed by atoms with Crippen LogP contribution < -0.4 is 9.47 Å². The predicted molar refractivity (Wildman–Crippen MR) is 89.8 cm³/mol. The van der Waals surface area contributed by atoms with Crippen LogP contribution >= 0.6 is 0 Å². The summed E-state index contributed by atoms with van der Waals surface area (Å²) in [6.45, 7) is 1.80. The summed E-state index contributed by atoms with van der Waals surface area (Å²) in [7, 11) is 4.62. The number of nitrogens with zero attached hydrogens (tertiary/aromatic N) is 1. The minimum atomic E-state index is -1.13. The van der Waals surface area contributed by atoms with Crippen LogP contribution in [0.3, 0.4) is 0 Å². The maximum absolute atomic E-state index is 13.0. The van der Waals surface area contributed by atoms with Crippen LogP contribution in [0.1, 0.15) is 48.0 Å². The molecular weight excluding hydrogens is 310 g/mol. The Morgan fingerprint density at radius 1 is 1.08 bits per heavy atom. The molecule has 0 bridgehead atoms. The lowest BCUT2D eigenvalue weighted by Crippen LogP contribution is -2.56. The van der Waals surface area contributed by atoms with Gasteiger partial charge in [-0.15, -0.1) is 0 Å². The average Bonchev–Trinajstić information content (AvgIpc) is 2.60. The van der Waals surface area contributed by atoms with Gasteiger partial charge in [-0.05, 0) is 37.5 Å². The van der Waals surface area contributed by atoms with Gasteiger partial charge in [0.05, 0.1) is 14.2 Å². The van der Waals surface area contributed by atoms with Crippen molar-refractivity contribution in [3.8, 4) is 11.5 Å². The number of benzene rings is 1. The molecule has 1 aromatic carbocycles. The molecule has 0 atom stereocenters. The first-order valence-corrected chi connectivity index (χ1v) is 8.11. The predicted octanol–water partition coefficient (Wildman–Crippen LogP) is 2.87. The van der Waals surface area contributed by atoms with E-state index in [1.807, 2.05) is 0 Å². The first-order chi connectivity index (χ1) is 11.4. The van der Waals surface area contributed by atoms with Gasteiger partial charge in [-0.2, -0.15) is 0 Å². The second-order valence-electron chi connectivity index (χ2n) is 6.28. The van der Waals surface area contributed by atoms with E-state index < -0.39 is 11.5 Å². The zero-order valence-electron chi connectivity index (χ0n) is 14.7. The first-order valence-electron chi connectivity index (χ1n) is 8.11. The van der Waals surface area contributed by atoms with E-state index in [2.05, 4.69) is 0 Å². The van der Waals surface area contributed by atoms with Crippen molar-refractivity contribution in [3.05, 3.63) is 23.3 Å². The number of carboxylic acids is 1. The van der Waals surface area contributed by atoms with Gasteiger partial charge in [0.2, 0.25) is 0 Å². The highest BCUT2D eigenvalue weighted by molar-refractivity contribution is 5.99. The zero-order chi connectivity index (χ0) is 17.9. The standard InChI is InChI=1S/C18H25NO5/c1-12-10-14(23-3)15(24-4)11-13(12)16(20)19(2)18(17(21)22)8-6-5-7-9-18/h10-11H,5-9H2,1-4H3,(H,21,22). The summed E-state index contributed by atoms with van der Waals surface area (Å²) < 4.78 is 10.5. The second-order valence-corrected chi connectivity index (χ2v) is 6.28. The van der Waals surface area contributed by atoms with Crippen LogP contribution in [-0.2, 0) is 4.79 Å². The number of amides is 1. The minimum absolute atomic E-state index is 0.308. The summed E-state index contributed by atoms with van der Waals surface area (Å²) >= 11 is 0. The number of carbonyl (C=O) groups is 2. The molecular formula is C18H25NO5. The van der Waals surface area contributed by atoms with E-state index in [1.54, 1.807) is 26.1 Å². The van der Waals surface area contributed by atoms with Gasteiger partial charge in [0, 0.05) is 12.6 Å². The third kappa shape index (κ3) is 3.05. The number of carbonyl (C=O) groups excluding carboxylic acids is 1. The second kappa shape index (κ2) is 7.11. The summed E-state index contributed by atoms with van der Waals surface area (Å²) in [5.41, 5.74) is 0.0248. The third-order valence-corrected chi connectivity index (χ3v) is 4.99. The van der Waals surface area contributed by atoms with Gasteiger partial charge in [-0.1, -0.05) is 19.3 Å². The van der Waals surface area contributed by atoms with Crippen molar-refractivity contribution in [2.75, 3.05) is 21.3 Å². The molecule has 0 heterocycles. The molecule has 1 aliphatic carbocycles. The van der Waals surface area contributed by atoms with Gasteiger partial charge in [-0.3, -0.25) is 4.79 Å². The van der Waals surface area contributed by atoms with E-state index in [-0.39, 0.29) is 5.91 Å². The summed E-state index contributed by atoms with van der Waals surface area (Å²) in [4.78, 5) is 26.3. The number of aliphatic carboxylic acids is 1. The molecule has 1 aliphatic rings. The van der Waals surface area contributed by atoms with Crippen molar-refractivity contribution in [3.63, 3.8) is 0 Å². The lowest BCUT2D eigenvalue weighted by atomic mass is 9.80. The Kier molecular flexibility index (Phi) is 5.36. The van der Waals surface area contributed by atoms with Crippen LogP contribution in [0.4, 0.5) is 0 Å². The molecule has 0 radical (unpaired) electrons. The fourth-order valence-corrected chi connectivity index (χ4v) is 3.42. The highest BCUT2D eigenvalue weighted by atomic mass is 16.5. The summed E-state index contributed by atoms with van der Waals surface area (Å²) in [6.07, 6.45) is 3.60. The number of ether oxygens (including phenoxy) is 2. The molecule has 6 nitrogen and oxygen atoms in total. The number of aryl methyl sites for hydroxylation is 1. The van der Waals surface area contributed by atoms with Gasteiger partial charge < -0.3 is 19.5 Å². The van der Waals surface area contributed by atoms with Crippen molar-refractivity contribution in [1.82, 2.24) is 4.90 Å². The maximum atomic E-state index is 13.0. The molecule has 1 aromatic rings. The summed E-state index contributed by atoms with van der Waals surface area (Å²) in [6, 6.07) is 3.35. The fourth-order valence-electron chi connectivity index (χ4n) is 3.42. The molecule has 1 fully saturated rings. The number of hydrogen-bond acceptors (Lipinski definition) is 4. The molecule has 0 aromatic heterocycles. The van der Waals surface area contributed by atoms with Crippen molar-refractivity contribution in [2.24, 2.45) is 0 Å². The Balaban J connectivity index is 2.41. The van der Waals surface area contributed by atoms with Crippen molar-refractivity contribution < 1.29 is 24.2 Å². The van der Waals surface area contributed by atoms with Crippen LogP contribution in [0.2, 0.25) is 0 Å². The van der Waals surface area contributed by atoms with Crippen molar-refractivity contribution in [2.45, 2.75) is 44.6 Å². The molecule has 1 amide bonds. The number of rotatable bonds is 5. The Hall–Kier alpha value is -2.24. The quantitative estimate of drug-likeness (QED) is 0.895. The normalized spacial score (nSPS) is 16.3. The van der Waals surface area contributed by atoms with Gasteiger partial charge in [-0.25, -0.2) is 4.79 Å². The van der Waals surface area contributed by atoms with Gasteiger partial charge in [0.25, 0.3) is 5.91 Å². The molecule has 0 spiro atoms. The first kappa shape index (κ1) is 18.1. The fraction of sp³-hybridized carbons (Fsp3) is 0.556. The lowest BCUT2D eigenvalue weighted by molar-refractivity contribution is -0.151. The molecule has 2 rings (SSSR count). The zero-order valence-corrected chi connectivity index (χ0v) is 14.7. The monoisotopic (exact) mass is 335 g/mol. The van der Waals surface area contributed by atoms with Crippen LogP contribution in [0, 0.1) is 6.92 Å². The average molecular weight is 335 g/mol. The number of likely N-dealkylation sites (N-methyl/N-ethyl adjacent to an activating group) is 1. The van der Waals surface area contributed by atoms with Crippen LogP contribution in [0.5, 0.6) is 11.5 Å². The van der Waals surface area contributed by atoms with E-state index in [0.29, 0.717) is 29.9 Å². The molecule has 132 valence electrons. The number of carboxylic acid groups (broad SMARTS) is 1. The molecule has 0 saturated heterocycles. The van der Waals surface area contributed by atoms with Crippen LogP contribution in [-0.4, -0.2) is 48.7 Å². The van der Waals surface area contributed by atoms with Crippen LogP contribution in [0.25, 0.3) is 0 Å². The van der Waals surface area contributed by atoms with Crippen LogP contribution in [0.15, 0.2) is 12.1 Å².